The van der Waals surface area contributed by atoms with Crippen molar-refractivity contribution in [3.63, 3.8) is 0 Å². The molecule has 0 bridgehead atoms. The molecule has 1 aromatic carbocycles. The number of amidine groups is 1. The van der Waals surface area contributed by atoms with E-state index in [-0.39, 0.29) is 5.91 Å². The third-order valence-electron chi connectivity index (χ3n) is 3.11. The number of rotatable bonds is 5. The van der Waals surface area contributed by atoms with Crippen LogP contribution in [0.3, 0.4) is 0 Å². The van der Waals surface area contributed by atoms with Crippen LogP contribution in [0.2, 0.25) is 0 Å². The number of halogens is 1. The van der Waals surface area contributed by atoms with E-state index in [1.807, 2.05) is 32.1 Å². The molecule has 0 radical (unpaired) electrons. The zero-order valence-corrected chi connectivity index (χ0v) is 16.5. The topological polar surface area (TPSA) is 51.1 Å². The third kappa shape index (κ3) is 4.00. The normalized spacial score (nSPS) is 18.1. The number of hydrogen-bond donors (Lipinski definition) is 0. The summed E-state index contributed by atoms with van der Waals surface area (Å²) in [5.74, 6) is 1.40. The van der Waals surface area contributed by atoms with Crippen LogP contribution in [-0.4, -0.2) is 43.3 Å². The van der Waals surface area contributed by atoms with Gasteiger partial charge in [0.1, 0.15) is 0 Å². The van der Waals surface area contributed by atoms with Gasteiger partial charge in [-0.2, -0.15) is 0 Å². The summed E-state index contributed by atoms with van der Waals surface area (Å²) in [5, 5.41) is 0.701. The molecule has 1 saturated heterocycles. The zero-order chi connectivity index (χ0) is 17.0. The smallest absolute Gasteiger partial charge is 0.266 e. The Morgan fingerprint density at radius 2 is 2.00 bits per heavy atom. The number of thioether (sulfide) groups is 1. The lowest BCUT2D eigenvalue weighted by molar-refractivity contribution is -0.121. The maximum Gasteiger partial charge on any atom is 0.266 e. The van der Waals surface area contributed by atoms with Gasteiger partial charge in [0.05, 0.1) is 21.7 Å². The molecule has 1 heterocycles. The van der Waals surface area contributed by atoms with E-state index < -0.39 is 0 Å². The van der Waals surface area contributed by atoms with Crippen LogP contribution in [0.1, 0.15) is 19.4 Å². The molecule has 1 fully saturated rings. The van der Waals surface area contributed by atoms with Crippen molar-refractivity contribution < 1.29 is 14.3 Å². The van der Waals surface area contributed by atoms with Gasteiger partial charge in [-0.25, -0.2) is 0 Å². The zero-order valence-electron chi connectivity index (χ0n) is 13.6. The van der Waals surface area contributed by atoms with Gasteiger partial charge in [-0.05, 0) is 72.0 Å². The van der Waals surface area contributed by atoms with Gasteiger partial charge in [-0.3, -0.25) is 14.7 Å². The van der Waals surface area contributed by atoms with E-state index in [1.165, 1.54) is 11.8 Å². The molecule has 1 amide bonds. The fourth-order valence-corrected chi connectivity index (χ4v) is 3.83. The number of benzene rings is 1. The monoisotopic (exact) mass is 446 g/mol. The summed E-state index contributed by atoms with van der Waals surface area (Å²) in [4.78, 5) is 18.6. The first-order chi connectivity index (χ1) is 11.0. The third-order valence-corrected chi connectivity index (χ3v) is 5.07. The molecule has 2 rings (SSSR count). The molecule has 0 atom stereocenters. The molecule has 124 valence electrons. The number of carbonyl (C=O) groups excluding carboxylic acids is 1. The lowest BCUT2D eigenvalue weighted by atomic mass is 10.2. The second kappa shape index (κ2) is 8.05. The number of likely N-dealkylation sites (N-methyl/N-ethyl adjacent to an activating group) is 1. The molecule has 1 aromatic rings. The minimum Gasteiger partial charge on any atom is -0.490 e. The van der Waals surface area contributed by atoms with Crippen LogP contribution in [0.4, 0.5) is 0 Å². The Balaban J connectivity index is 2.41. The van der Waals surface area contributed by atoms with Gasteiger partial charge in [0, 0.05) is 14.1 Å². The summed E-state index contributed by atoms with van der Waals surface area (Å²) < 4.78 is 12.3. The number of hydrogen-bond acceptors (Lipinski definition) is 5. The Morgan fingerprint density at radius 3 is 2.57 bits per heavy atom. The summed E-state index contributed by atoms with van der Waals surface area (Å²) >= 11 is 3.60. The lowest BCUT2D eigenvalue weighted by Gasteiger charge is -2.13. The first kappa shape index (κ1) is 18.1. The predicted octanol–water partition coefficient (Wildman–Crippen LogP) is 3.62. The van der Waals surface area contributed by atoms with Crippen LogP contribution >= 0.6 is 34.4 Å². The molecule has 23 heavy (non-hydrogen) atoms. The molecular formula is C16H19IN2O3S. The molecule has 0 N–H and O–H groups in total. The summed E-state index contributed by atoms with van der Waals surface area (Å²) in [6, 6.07) is 3.88. The van der Waals surface area contributed by atoms with Crippen molar-refractivity contribution in [3.8, 4) is 11.5 Å². The van der Waals surface area contributed by atoms with Crippen molar-refractivity contribution in [1.82, 2.24) is 4.90 Å². The van der Waals surface area contributed by atoms with E-state index in [4.69, 9.17) is 9.47 Å². The second-order valence-corrected chi connectivity index (χ2v) is 6.85. The van der Waals surface area contributed by atoms with E-state index in [0.717, 1.165) is 14.9 Å². The number of ether oxygens (including phenoxy) is 2. The van der Waals surface area contributed by atoms with Gasteiger partial charge < -0.3 is 9.47 Å². The first-order valence-electron chi connectivity index (χ1n) is 7.25. The highest BCUT2D eigenvalue weighted by Crippen LogP contribution is 2.37. The van der Waals surface area contributed by atoms with E-state index in [1.54, 1.807) is 19.0 Å². The highest BCUT2D eigenvalue weighted by Gasteiger charge is 2.29. The fraction of sp³-hybridized carbons (Fsp3) is 0.375. The minimum absolute atomic E-state index is 0.0440. The molecule has 0 unspecified atom stereocenters. The lowest BCUT2D eigenvalue weighted by Crippen LogP contribution is -2.23. The average molecular weight is 446 g/mol. The number of amides is 1. The van der Waals surface area contributed by atoms with Crippen molar-refractivity contribution >= 4 is 51.5 Å². The van der Waals surface area contributed by atoms with Crippen molar-refractivity contribution in [2.24, 2.45) is 4.99 Å². The van der Waals surface area contributed by atoms with Crippen LogP contribution in [0.15, 0.2) is 22.0 Å². The fourth-order valence-electron chi connectivity index (χ4n) is 2.12. The summed E-state index contributed by atoms with van der Waals surface area (Å²) in [7, 11) is 3.41. The average Bonchev–Trinajstić information content (AvgIpc) is 2.79. The van der Waals surface area contributed by atoms with Gasteiger partial charge in [-0.1, -0.05) is 0 Å². The molecule has 7 heteroatoms. The van der Waals surface area contributed by atoms with Crippen LogP contribution < -0.4 is 9.47 Å². The van der Waals surface area contributed by atoms with Crippen LogP contribution in [0, 0.1) is 3.57 Å². The van der Waals surface area contributed by atoms with E-state index in [0.29, 0.717) is 29.0 Å². The number of nitrogens with zero attached hydrogens (tertiary/aromatic N) is 2. The largest absolute Gasteiger partial charge is 0.490 e. The van der Waals surface area contributed by atoms with Crippen LogP contribution in [0.25, 0.3) is 6.08 Å². The molecular weight excluding hydrogens is 427 g/mol. The maximum atomic E-state index is 12.2. The summed E-state index contributed by atoms with van der Waals surface area (Å²) in [6.07, 6.45) is 1.86. The summed E-state index contributed by atoms with van der Waals surface area (Å²) in [5.41, 5.74) is 0.905. The van der Waals surface area contributed by atoms with Crippen molar-refractivity contribution in [2.75, 3.05) is 27.3 Å². The minimum atomic E-state index is -0.0440. The van der Waals surface area contributed by atoms with E-state index >= 15 is 0 Å². The molecule has 1 aliphatic rings. The van der Waals surface area contributed by atoms with Gasteiger partial charge in [0.2, 0.25) is 0 Å². The van der Waals surface area contributed by atoms with E-state index in [2.05, 4.69) is 27.6 Å². The van der Waals surface area contributed by atoms with Crippen LogP contribution in [-0.2, 0) is 4.79 Å². The highest BCUT2D eigenvalue weighted by molar-refractivity contribution is 14.1. The standard InChI is InChI=1S/C16H19IN2O3S/c1-5-21-12-8-10(7-11(17)14(12)22-6-2)9-13-15(20)19(4)16(18-3)23-13/h7-9H,5-6H2,1-4H3/b13-9+,18-16?. The van der Waals surface area contributed by atoms with Gasteiger partial charge >= 0.3 is 0 Å². The van der Waals surface area contributed by atoms with E-state index in [9.17, 15) is 4.79 Å². The number of carbonyl (C=O) groups is 1. The Labute approximate surface area is 154 Å². The predicted molar refractivity (Wildman–Crippen MR) is 103 cm³/mol. The van der Waals surface area contributed by atoms with Gasteiger partial charge in [0.15, 0.2) is 16.7 Å². The van der Waals surface area contributed by atoms with Gasteiger partial charge in [0.25, 0.3) is 5.91 Å². The van der Waals surface area contributed by atoms with Crippen molar-refractivity contribution in [1.29, 1.82) is 0 Å². The van der Waals surface area contributed by atoms with Crippen molar-refractivity contribution in [2.45, 2.75) is 13.8 Å². The second-order valence-electron chi connectivity index (χ2n) is 4.68. The quantitative estimate of drug-likeness (QED) is 0.512. The Kier molecular flexibility index (Phi) is 6.34. The molecule has 0 aliphatic carbocycles. The molecule has 5 nitrogen and oxygen atoms in total. The summed E-state index contributed by atoms with van der Waals surface area (Å²) in [6.45, 7) is 5.01. The number of aliphatic imine (C=N–C) groups is 1. The first-order valence-corrected chi connectivity index (χ1v) is 9.14. The van der Waals surface area contributed by atoms with Crippen molar-refractivity contribution in [3.05, 3.63) is 26.2 Å². The van der Waals surface area contributed by atoms with Gasteiger partial charge in [-0.15, -0.1) is 0 Å². The maximum absolute atomic E-state index is 12.2. The Morgan fingerprint density at radius 1 is 1.30 bits per heavy atom. The SMILES string of the molecule is CCOc1cc(/C=C2/SC(=NC)N(C)C2=O)cc(I)c1OCC. The Hall–Kier alpha value is -1.22. The van der Waals surface area contributed by atoms with Crippen LogP contribution in [0.5, 0.6) is 11.5 Å². The molecule has 0 spiro atoms. The molecule has 0 aromatic heterocycles. The Bertz CT molecular complexity index is 674. The molecule has 1 aliphatic heterocycles. The molecule has 0 saturated carbocycles. The highest BCUT2D eigenvalue weighted by atomic mass is 127.